The van der Waals surface area contributed by atoms with Crippen molar-refractivity contribution < 1.29 is 9.26 Å². The molecule has 0 spiro atoms. The van der Waals surface area contributed by atoms with Crippen molar-refractivity contribution in [2.45, 2.75) is 13.8 Å². The number of fused-ring (bicyclic) bond motifs is 1. The molecule has 0 aliphatic heterocycles. The van der Waals surface area contributed by atoms with Gasteiger partial charge in [-0.05, 0) is 30.1 Å². The molecule has 0 fully saturated rings. The van der Waals surface area contributed by atoms with E-state index in [1.54, 1.807) is 0 Å². The molecular weight excluding hydrogens is 192 g/mol. The first kappa shape index (κ1) is 9.98. The zero-order valence-electron chi connectivity index (χ0n) is 8.91. The first-order valence-electron chi connectivity index (χ1n) is 4.92. The smallest absolute Gasteiger partial charge is 0.262 e. The molecule has 2 rings (SSSR count). The van der Waals surface area contributed by atoms with Gasteiger partial charge < -0.3 is 15.0 Å². The van der Waals surface area contributed by atoms with Gasteiger partial charge in [-0.15, -0.1) is 0 Å². The van der Waals surface area contributed by atoms with Crippen LogP contribution in [0.1, 0.15) is 11.1 Å². The van der Waals surface area contributed by atoms with Crippen LogP contribution in [0.3, 0.4) is 0 Å². The molecule has 1 heterocycles. The fraction of sp³-hybridized carbons (Fsp3) is 0.364. The van der Waals surface area contributed by atoms with Crippen LogP contribution in [0.25, 0.3) is 11.0 Å². The van der Waals surface area contributed by atoms with Crippen LogP contribution in [0.2, 0.25) is 0 Å². The van der Waals surface area contributed by atoms with Crippen LogP contribution in [0.5, 0.6) is 5.88 Å². The van der Waals surface area contributed by atoms with Crippen molar-refractivity contribution in [3.8, 4) is 5.88 Å². The second kappa shape index (κ2) is 3.90. The summed E-state index contributed by atoms with van der Waals surface area (Å²) in [5.74, 6) is 0.539. The number of hydrogen-bond acceptors (Lipinski definition) is 4. The van der Waals surface area contributed by atoms with Crippen LogP contribution >= 0.6 is 0 Å². The first-order chi connectivity index (χ1) is 7.24. The van der Waals surface area contributed by atoms with Crippen molar-refractivity contribution in [1.29, 1.82) is 0 Å². The molecule has 1 aromatic carbocycles. The number of rotatable bonds is 3. The molecule has 0 saturated carbocycles. The van der Waals surface area contributed by atoms with Crippen molar-refractivity contribution in [2.75, 3.05) is 13.2 Å². The molecule has 0 atom stereocenters. The Morgan fingerprint density at radius 3 is 2.80 bits per heavy atom. The summed E-state index contributed by atoms with van der Waals surface area (Å²) < 4.78 is 10.7. The van der Waals surface area contributed by atoms with Crippen LogP contribution in [0.4, 0.5) is 0 Å². The van der Waals surface area contributed by atoms with Gasteiger partial charge in [-0.2, -0.15) is 0 Å². The van der Waals surface area contributed by atoms with E-state index >= 15 is 0 Å². The fourth-order valence-electron chi connectivity index (χ4n) is 1.56. The number of hydrogen-bond donors (Lipinski definition) is 1. The Kier molecular flexibility index (Phi) is 2.60. The number of aryl methyl sites for hydroxylation is 2. The number of benzene rings is 1. The maximum absolute atomic E-state index is 5.41. The molecule has 0 aliphatic rings. The van der Waals surface area contributed by atoms with Crippen LogP contribution in [0, 0.1) is 13.8 Å². The molecule has 0 aliphatic carbocycles. The summed E-state index contributed by atoms with van der Waals surface area (Å²) in [4.78, 5) is 0. The van der Waals surface area contributed by atoms with Crippen molar-refractivity contribution >= 4 is 11.0 Å². The Hall–Kier alpha value is -1.55. The normalized spacial score (nSPS) is 10.9. The lowest BCUT2D eigenvalue weighted by Crippen LogP contribution is -2.10. The number of aromatic nitrogens is 1. The first-order valence-corrected chi connectivity index (χ1v) is 4.92. The maximum atomic E-state index is 5.41. The molecule has 4 heteroatoms. The summed E-state index contributed by atoms with van der Waals surface area (Å²) in [5, 5.41) is 4.85. The molecule has 2 N–H and O–H groups in total. The molecule has 0 unspecified atom stereocenters. The summed E-state index contributed by atoms with van der Waals surface area (Å²) in [6, 6.07) is 4.04. The van der Waals surface area contributed by atoms with E-state index in [9.17, 15) is 0 Å². The highest BCUT2D eigenvalue weighted by molar-refractivity contribution is 5.87. The molecular formula is C11H14N2O2. The second-order valence-corrected chi connectivity index (χ2v) is 3.53. The quantitative estimate of drug-likeness (QED) is 0.831. The van der Waals surface area contributed by atoms with E-state index < -0.39 is 0 Å². The fourth-order valence-corrected chi connectivity index (χ4v) is 1.56. The molecule has 80 valence electrons. The summed E-state index contributed by atoms with van der Waals surface area (Å²) in [5.41, 5.74) is 8.33. The van der Waals surface area contributed by atoms with Gasteiger partial charge in [0.1, 0.15) is 6.61 Å². The number of nitrogens with zero attached hydrogens (tertiary/aromatic N) is 1. The topological polar surface area (TPSA) is 61.3 Å². The minimum Gasteiger partial charge on any atom is -0.474 e. The molecule has 0 radical (unpaired) electrons. The Morgan fingerprint density at radius 1 is 1.33 bits per heavy atom. The van der Waals surface area contributed by atoms with Crippen molar-refractivity contribution in [3.63, 3.8) is 0 Å². The molecule has 4 nitrogen and oxygen atoms in total. The lowest BCUT2D eigenvalue weighted by atomic mass is 10.1. The van der Waals surface area contributed by atoms with E-state index in [-0.39, 0.29) is 0 Å². The average Bonchev–Trinajstić information content (AvgIpc) is 2.65. The van der Waals surface area contributed by atoms with Gasteiger partial charge in [-0.3, -0.25) is 0 Å². The number of nitrogens with two attached hydrogens (primary N) is 1. The maximum Gasteiger partial charge on any atom is 0.262 e. The second-order valence-electron chi connectivity index (χ2n) is 3.53. The van der Waals surface area contributed by atoms with Crippen LogP contribution in [0.15, 0.2) is 16.7 Å². The van der Waals surface area contributed by atoms with E-state index in [2.05, 4.69) is 5.16 Å². The third kappa shape index (κ3) is 1.68. The Labute approximate surface area is 88.0 Å². The molecule has 0 bridgehead atoms. The Bertz CT molecular complexity index is 477. The van der Waals surface area contributed by atoms with Gasteiger partial charge in [0.2, 0.25) is 0 Å². The Morgan fingerprint density at radius 2 is 2.07 bits per heavy atom. The van der Waals surface area contributed by atoms with Gasteiger partial charge >= 0.3 is 0 Å². The summed E-state index contributed by atoms with van der Waals surface area (Å²) in [6.07, 6.45) is 0. The van der Waals surface area contributed by atoms with Gasteiger partial charge in [0.15, 0.2) is 5.58 Å². The Balaban J connectivity index is 2.53. The van der Waals surface area contributed by atoms with Crippen LogP contribution in [-0.4, -0.2) is 18.3 Å². The van der Waals surface area contributed by atoms with E-state index in [0.29, 0.717) is 19.0 Å². The van der Waals surface area contributed by atoms with Crippen LogP contribution < -0.4 is 10.5 Å². The zero-order chi connectivity index (χ0) is 10.8. The molecule has 0 saturated heterocycles. The van der Waals surface area contributed by atoms with Crippen LogP contribution in [-0.2, 0) is 0 Å². The SMILES string of the molecule is Cc1ccc(C)c2c(OCCN)noc12. The van der Waals surface area contributed by atoms with Gasteiger partial charge in [-0.1, -0.05) is 12.1 Å². The molecule has 1 aromatic heterocycles. The molecule has 0 amide bonds. The van der Waals surface area contributed by atoms with Gasteiger partial charge in [0, 0.05) is 6.54 Å². The van der Waals surface area contributed by atoms with Gasteiger partial charge in [0.25, 0.3) is 5.88 Å². The zero-order valence-corrected chi connectivity index (χ0v) is 8.91. The highest BCUT2D eigenvalue weighted by Gasteiger charge is 2.13. The van der Waals surface area contributed by atoms with Crippen molar-refractivity contribution in [2.24, 2.45) is 5.73 Å². The van der Waals surface area contributed by atoms with Crippen molar-refractivity contribution in [1.82, 2.24) is 5.16 Å². The van der Waals surface area contributed by atoms with Crippen molar-refractivity contribution in [3.05, 3.63) is 23.3 Å². The largest absolute Gasteiger partial charge is 0.474 e. The average molecular weight is 206 g/mol. The monoisotopic (exact) mass is 206 g/mol. The minimum atomic E-state index is 0.453. The molecule has 2 aromatic rings. The lowest BCUT2D eigenvalue weighted by molar-refractivity contribution is 0.293. The van der Waals surface area contributed by atoms with E-state index in [0.717, 1.165) is 22.1 Å². The predicted molar refractivity (Wildman–Crippen MR) is 58.0 cm³/mol. The van der Waals surface area contributed by atoms with E-state index in [4.69, 9.17) is 15.0 Å². The standard InChI is InChI=1S/C11H14N2O2/c1-7-3-4-8(2)10-9(7)11(13-15-10)14-6-5-12/h3-4H,5-6,12H2,1-2H3. The third-order valence-corrected chi connectivity index (χ3v) is 2.35. The highest BCUT2D eigenvalue weighted by atomic mass is 16.5. The predicted octanol–water partition coefficient (Wildman–Crippen LogP) is 1.78. The van der Waals surface area contributed by atoms with E-state index in [1.807, 2.05) is 26.0 Å². The third-order valence-electron chi connectivity index (χ3n) is 2.35. The number of ether oxygens (including phenoxy) is 1. The summed E-state index contributed by atoms with van der Waals surface area (Å²) in [7, 11) is 0. The minimum absolute atomic E-state index is 0.453. The van der Waals surface area contributed by atoms with E-state index in [1.165, 1.54) is 0 Å². The lowest BCUT2D eigenvalue weighted by Gasteiger charge is -2.01. The van der Waals surface area contributed by atoms with Gasteiger partial charge in [-0.25, -0.2) is 0 Å². The summed E-state index contributed by atoms with van der Waals surface area (Å²) in [6.45, 7) is 4.92. The molecule has 15 heavy (non-hydrogen) atoms. The highest BCUT2D eigenvalue weighted by Crippen LogP contribution is 2.30. The summed E-state index contributed by atoms with van der Waals surface area (Å²) >= 11 is 0. The van der Waals surface area contributed by atoms with Gasteiger partial charge in [0.05, 0.1) is 5.39 Å².